The predicted molar refractivity (Wildman–Crippen MR) is 87.1 cm³/mol. The lowest BCUT2D eigenvalue weighted by Gasteiger charge is -2.13. The van der Waals surface area contributed by atoms with E-state index in [0.29, 0.717) is 0 Å². The van der Waals surface area contributed by atoms with Crippen LogP contribution in [0.1, 0.15) is 22.8 Å². The fourth-order valence-corrected chi connectivity index (χ4v) is 2.52. The maximum Gasteiger partial charge on any atom is 0.104 e. The maximum absolute atomic E-state index is 10.5. The van der Waals surface area contributed by atoms with E-state index in [1.807, 2.05) is 61.5 Å². The Morgan fingerprint density at radius 3 is 2.00 bits per heavy atom. The first-order valence-corrected chi connectivity index (χ1v) is 7.14. The van der Waals surface area contributed by atoms with Crippen LogP contribution in [0, 0.1) is 6.92 Å². The van der Waals surface area contributed by atoms with Crippen molar-refractivity contribution in [2.75, 3.05) is 0 Å². The number of aliphatic hydroxyl groups is 1. The number of aryl methyl sites for hydroxylation is 1. The molecule has 0 aliphatic heterocycles. The van der Waals surface area contributed by atoms with E-state index in [0.717, 1.165) is 22.3 Å². The van der Waals surface area contributed by atoms with Gasteiger partial charge in [-0.3, -0.25) is 0 Å². The fraction of sp³-hybridized carbons (Fsp3) is 0.100. The highest BCUT2D eigenvalue weighted by Gasteiger charge is 2.10. The summed E-state index contributed by atoms with van der Waals surface area (Å²) in [6.07, 6.45) is -0.574. The first kappa shape index (κ1) is 13.6. The quantitative estimate of drug-likeness (QED) is 0.731. The van der Waals surface area contributed by atoms with Crippen LogP contribution in [0.2, 0.25) is 0 Å². The molecule has 3 aromatic carbocycles. The van der Waals surface area contributed by atoms with Gasteiger partial charge in [-0.05, 0) is 29.2 Å². The number of rotatable bonds is 3. The third-order valence-electron chi connectivity index (χ3n) is 3.69. The highest BCUT2D eigenvalue weighted by Crippen LogP contribution is 2.25. The van der Waals surface area contributed by atoms with Crippen molar-refractivity contribution >= 4 is 0 Å². The molecule has 0 radical (unpaired) electrons. The monoisotopic (exact) mass is 274 g/mol. The lowest BCUT2D eigenvalue weighted by atomic mass is 9.97. The van der Waals surface area contributed by atoms with E-state index >= 15 is 0 Å². The summed E-state index contributed by atoms with van der Waals surface area (Å²) in [5.74, 6) is 0. The van der Waals surface area contributed by atoms with Crippen LogP contribution in [0.4, 0.5) is 0 Å². The molecule has 0 spiro atoms. The Labute approximate surface area is 125 Å². The van der Waals surface area contributed by atoms with Crippen LogP contribution < -0.4 is 0 Å². The molecule has 3 rings (SSSR count). The van der Waals surface area contributed by atoms with Crippen LogP contribution in [0.15, 0.2) is 78.9 Å². The zero-order valence-corrected chi connectivity index (χ0v) is 12.0. The molecule has 0 aromatic heterocycles. The highest BCUT2D eigenvalue weighted by molar-refractivity contribution is 5.63. The van der Waals surface area contributed by atoms with Crippen LogP contribution >= 0.6 is 0 Å². The van der Waals surface area contributed by atoms with Crippen molar-refractivity contribution in [3.63, 3.8) is 0 Å². The van der Waals surface area contributed by atoms with Crippen LogP contribution in [0.5, 0.6) is 0 Å². The summed E-state index contributed by atoms with van der Waals surface area (Å²) >= 11 is 0. The Morgan fingerprint density at radius 2 is 1.33 bits per heavy atom. The summed E-state index contributed by atoms with van der Waals surface area (Å²) in [5, 5.41) is 10.5. The van der Waals surface area contributed by atoms with Crippen molar-refractivity contribution in [1.82, 2.24) is 0 Å². The summed E-state index contributed by atoms with van der Waals surface area (Å²) < 4.78 is 0. The average Bonchev–Trinajstić information content (AvgIpc) is 2.55. The third kappa shape index (κ3) is 3.04. The van der Waals surface area contributed by atoms with Gasteiger partial charge in [0.1, 0.15) is 6.10 Å². The molecule has 0 saturated carbocycles. The van der Waals surface area contributed by atoms with Gasteiger partial charge in [-0.2, -0.15) is 0 Å². The lowest BCUT2D eigenvalue weighted by Crippen LogP contribution is -1.99. The second-order valence-electron chi connectivity index (χ2n) is 5.30. The molecule has 1 atom stereocenters. The van der Waals surface area contributed by atoms with E-state index in [-0.39, 0.29) is 0 Å². The second-order valence-corrected chi connectivity index (χ2v) is 5.30. The maximum atomic E-state index is 10.5. The van der Waals surface area contributed by atoms with Crippen LogP contribution in [-0.4, -0.2) is 5.11 Å². The van der Waals surface area contributed by atoms with Gasteiger partial charge in [0.15, 0.2) is 0 Å². The van der Waals surface area contributed by atoms with E-state index in [4.69, 9.17) is 0 Å². The molecule has 0 heterocycles. The Morgan fingerprint density at radius 1 is 0.667 bits per heavy atom. The summed E-state index contributed by atoms with van der Waals surface area (Å²) in [5.41, 5.74) is 5.36. The highest BCUT2D eigenvalue weighted by atomic mass is 16.3. The average molecular weight is 274 g/mol. The molecule has 1 N–H and O–H groups in total. The number of hydrogen-bond acceptors (Lipinski definition) is 1. The molecule has 3 aromatic rings. The van der Waals surface area contributed by atoms with Crippen LogP contribution in [0.3, 0.4) is 0 Å². The molecular weight excluding hydrogens is 256 g/mol. The first-order chi connectivity index (χ1) is 10.2. The van der Waals surface area contributed by atoms with Gasteiger partial charge < -0.3 is 5.11 Å². The number of benzene rings is 3. The first-order valence-electron chi connectivity index (χ1n) is 7.14. The third-order valence-corrected chi connectivity index (χ3v) is 3.69. The van der Waals surface area contributed by atoms with Gasteiger partial charge in [0.25, 0.3) is 0 Å². The number of hydrogen-bond donors (Lipinski definition) is 1. The molecule has 0 saturated heterocycles. The SMILES string of the molecule is Cc1cccc([C@H](O)c2ccc(-c3ccccc3)cc2)c1. The van der Waals surface area contributed by atoms with Crippen molar-refractivity contribution in [3.8, 4) is 11.1 Å². The minimum absolute atomic E-state index is 0.574. The minimum Gasteiger partial charge on any atom is -0.384 e. The molecule has 1 heteroatoms. The Hall–Kier alpha value is -2.38. The lowest BCUT2D eigenvalue weighted by molar-refractivity contribution is 0.220. The van der Waals surface area contributed by atoms with Crippen molar-refractivity contribution in [2.45, 2.75) is 13.0 Å². The van der Waals surface area contributed by atoms with Gasteiger partial charge in [-0.15, -0.1) is 0 Å². The van der Waals surface area contributed by atoms with E-state index in [2.05, 4.69) is 24.3 Å². The second kappa shape index (κ2) is 5.94. The molecular formula is C20H18O. The van der Waals surface area contributed by atoms with Gasteiger partial charge in [0, 0.05) is 0 Å². The van der Waals surface area contributed by atoms with Gasteiger partial charge in [0.05, 0.1) is 0 Å². The predicted octanol–water partition coefficient (Wildman–Crippen LogP) is 4.74. The Bertz CT molecular complexity index is 714. The molecule has 0 aliphatic rings. The molecule has 0 fully saturated rings. The molecule has 0 amide bonds. The standard InChI is InChI=1S/C20H18O/c1-15-6-5-9-19(14-15)20(21)18-12-10-17(11-13-18)16-7-3-2-4-8-16/h2-14,20-21H,1H3/t20-/m1/s1. The topological polar surface area (TPSA) is 20.2 Å². The van der Waals surface area contributed by atoms with Gasteiger partial charge in [-0.25, -0.2) is 0 Å². The van der Waals surface area contributed by atoms with Gasteiger partial charge >= 0.3 is 0 Å². The molecule has 104 valence electrons. The molecule has 0 aliphatic carbocycles. The van der Waals surface area contributed by atoms with Gasteiger partial charge in [0.2, 0.25) is 0 Å². The summed E-state index contributed by atoms with van der Waals surface area (Å²) in [6.45, 7) is 2.04. The zero-order chi connectivity index (χ0) is 14.7. The minimum atomic E-state index is -0.574. The van der Waals surface area contributed by atoms with Crippen LogP contribution in [-0.2, 0) is 0 Å². The van der Waals surface area contributed by atoms with Crippen molar-refractivity contribution in [1.29, 1.82) is 0 Å². The van der Waals surface area contributed by atoms with Crippen molar-refractivity contribution < 1.29 is 5.11 Å². The molecule has 0 unspecified atom stereocenters. The smallest absolute Gasteiger partial charge is 0.104 e. The number of aliphatic hydroxyl groups excluding tert-OH is 1. The summed E-state index contributed by atoms with van der Waals surface area (Å²) in [4.78, 5) is 0. The van der Waals surface area contributed by atoms with E-state index in [1.165, 1.54) is 5.56 Å². The molecule has 21 heavy (non-hydrogen) atoms. The van der Waals surface area contributed by atoms with Gasteiger partial charge in [-0.1, -0.05) is 84.4 Å². The van der Waals surface area contributed by atoms with Crippen LogP contribution in [0.25, 0.3) is 11.1 Å². The van der Waals surface area contributed by atoms with Crippen molar-refractivity contribution in [3.05, 3.63) is 95.6 Å². The summed E-state index contributed by atoms with van der Waals surface area (Å²) in [7, 11) is 0. The molecule has 1 nitrogen and oxygen atoms in total. The fourth-order valence-electron chi connectivity index (χ4n) is 2.52. The van der Waals surface area contributed by atoms with Crippen molar-refractivity contribution in [2.24, 2.45) is 0 Å². The van der Waals surface area contributed by atoms with E-state index in [9.17, 15) is 5.11 Å². The van der Waals surface area contributed by atoms with E-state index in [1.54, 1.807) is 0 Å². The van der Waals surface area contributed by atoms with E-state index < -0.39 is 6.10 Å². The Balaban J connectivity index is 1.87. The molecule has 0 bridgehead atoms. The zero-order valence-electron chi connectivity index (χ0n) is 12.0. The summed E-state index contributed by atoms with van der Waals surface area (Å²) in [6, 6.07) is 26.4. The normalized spacial score (nSPS) is 12.1. The Kier molecular flexibility index (Phi) is 3.85. The largest absolute Gasteiger partial charge is 0.384 e.